The van der Waals surface area contributed by atoms with Crippen LogP contribution in [0.1, 0.15) is 22.3 Å². The van der Waals surface area contributed by atoms with E-state index in [2.05, 4.69) is 15.5 Å². The first-order chi connectivity index (χ1) is 16.8. The molecule has 0 aliphatic carbocycles. The van der Waals surface area contributed by atoms with Gasteiger partial charge in [-0.1, -0.05) is 41.9 Å². The van der Waals surface area contributed by atoms with Crippen LogP contribution in [0, 0.1) is 13.8 Å². The Bertz CT molecular complexity index is 1460. The number of carbonyl (C=O) groups is 2. The highest BCUT2D eigenvalue weighted by molar-refractivity contribution is 8.19. The second-order valence-electron chi connectivity index (χ2n) is 8.06. The minimum atomic E-state index is -0.389. The molecular weight excluding hydrogens is 484 g/mol. The molecule has 0 radical (unpaired) electrons. The highest BCUT2D eigenvalue weighted by Crippen LogP contribution is 2.39. The molecule has 2 amide bonds. The molecule has 1 fully saturated rings. The van der Waals surface area contributed by atoms with Gasteiger partial charge in [-0.3, -0.25) is 14.5 Å². The van der Waals surface area contributed by atoms with Crippen LogP contribution in [0.4, 0.5) is 11.4 Å². The van der Waals surface area contributed by atoms with Crippen molar-refractivity contribution in [1.29, 1.82) is 0 Å². The minimum Gasteiger partial charge on any atom is -0.508 e. The number of carbonyl (C=O) groups excluding carboxylic acids is 2. The number of amidine groups is 1. The van der Waals surface area contributed by atoms with Crippen LogP contribution in [0.15, 0.2) is 75.8 Å². The fourth-order valence-corrected chi connectivity index (χ4v) is 5.03. The number of phenols is 1. The maximum absolute atomic E-state index is 13.6. The predicted molar refractivity (Wildman–Crippen MR) is 141 cm³/mol. The zero-order valence-corrected chi connectivity index (χ0v) is 20.3. The van der Waals surface area contributed by atoms with E-state index in [1.165, 1.54) is 16.7 Å². The molecule has 7 nitrogen and oxygen atoms in total. The summed E-state index contributed by atoms with van der Waals surface area (Å²) in [5, 5.41) is 21.7. The van der Waals surface area contributed by atoms with Gasteiger partial charge in [0.2, 0.25) is 5.17 Å². The Morgan fingerprint density at radius 3 is 2.43 bits per heavy atom. The number of hydrogen-bond donors (Lipinski definition) is 2. The third-order valence-corrected chi connectivity index (χ3v) is 6.79. The van der Waals surface area contributed by atoms with E-state index >= 15 is 0 Å². The van der Waals surface area contributed by atoms with Gasteiger partial charge < -0.3 is 10.4 Å². The molecule has 1 saturated heterocycles. The molecule has 0 saturated carbocycles. The lowest BCUT2D eigenvalue weighted by Crippen LogP contribution is -2.30. The van der Waals surface area contributed by atoms with Crippen molar-refractivity contribution < 1.29 is 14.7 Å². The molecular formula is C26H19ClN4O3S. The number of aryl methyl sites for hydroxylation is 2. The molecule has 0 spiro atoms. The smallest absolute Gasteiger partial charge is 0.276 e. The van der Waals surface area contributed by atoms with Gasteiger partial charge in [0.25, 0.3) is 11.8 Å². The number of halogens is 1. The van der Waals surface area contributed by atoms with Crippen molar-refractivity contribution in [3.63, 3.8) is 0 Å². The van der Waals surface area contributed by atoms with E-state index in [4.69, 9.17) is 11.6 Å². The standard InChI is InChI=1S/C26H19ClN4O3S/c1-14-4-3-5-15(2)23(14)31-25(34)21(12-16-6-9-18(32)10-7-16)35-26(31)30-29-22-19-13-17(27)8-11-20(19)28-24(22)33/h3-13,32H,1-2H3,(H,28,29,33). The highest BCUT2D eigenvalue weighted by Gasteiger charge is 2.37. The number of amides is 2. The lowest BCUT2D eigenvalue weighted by atomic mass is 10.1. The monoisotopic (exact) mass is 502 g/mol. The van der Waals surface area contributed by atoms with Gasteiger partial charge in [-0.05, 0) is 78.7 Å². The molecule has 2 aliphatic heterocycles. The molecule has 2 aliphatic rings. The molecule has 0 atom stereocenters. The van der Waals surface area contributed by atoms with Gasteiger partial charge in [-0.15, -0.1) is 10.2 Å². The Morgan fingerprint density at radius 1 is 1.00 bits per heavy atom. The summed E-state index contributed by atoms with van der Waals surface area (Å²) in [4.78, 5) is 28.1. The zero-order chi connectivity index (χ0) is 24.7. The van der Waals surface area contributed by atoms with Crippen LogP contribution in [0.3, 0.4) is 0 Å². The number of fused-ring (bicyclic) bond motifs is 1. The number of aromatic hydroxyl groups is 1. The van der Waals surface area contributed by atoms with Crippen molar-refractivity contribution in [3.05, 3.63) is 92.8 Å². The van der Waals surface area contributed by atoms with Crippen LogP contribution in [0.25, 0.3) is 6.08 Å². The third kappa shape index (κ3) is 4.34. The topological polar surface area (TPSA) is 94.4 Å². The van der Waals surface area contributed by atoms with E-state index in [0.717, 1.165) is 22.4 Å². The number of para-hydroxylation sites is 1. The van der Waals surface area contributed by atoms with Gasteiger partial charge in [-0.2, -0.15) is 0 Å². The van der Waals surface area contributed by atoms with E-state index in [0.29, 0.717) is 26.3 Å². The number of rotatable bonds is 3. The summed E-state index contributed by atoms with van der Waals surface area (Å²) in [5.41, 5.74) is 4.57. The van der Waals surface area contributed by atoms with Crippen LogP contribution in [0.2, 0.25) is 5.02 Å². The molecule has 35 heavy (non-hydrogen) atoms. The Morgan fingerprint density at radius 2 is 1.71 bits per heavy atom. The molecule has 0 bridgehead atoms. The van der Waals surface area contributed by atoms with Crippen LogP contribution in [-0.2, 0) is 9.59 Å². The van der Waals surface area contributed by atoms with E-state index in [-0.39, 0.29) is 23.3 Å². The molecule has 3 aromatic rings. The summed E-state index contributed by atoms with van der Waals surface area (Å²) < 4.78 is 0. The molecule has 5 rings (SSSR count). The maximum Gasteiger partial charge on any atom is 0.276 e. The Balaban J connectivity index is 1.61. The van der Waals surface area contributed by atoms with Crippen molar-refractivity contribution >= 4 is 63.5 Å². The summed E-state index contributed by atoms with van der Waals surface area (Å²) in [5.74, 6) is -0.499. The second-order valence-corrected chi connectivity index (χ2v) is 9.50. The van der Waals surface area contributed by atoms with Gasteiger partial charge >= 0.3 is 0 Å². The lowest BCUT2D eigenvalue weighted by Gasteiger charge is -2.19. The largest absolute Gasteiger partial charge is 0.508 e. The van der Waals surface area contributed by atoms with Gasteiger partial charge in [0.15, 0.2) is 5.71 Å². The Kier molecular flexibility index (Phi) is 5.92. The number of nitrogens with one attached hydrogen (secondary N) is 1. The number of nitrogens with zero attached hydrogens (tertiary/aromatic N) is 3. The summed E-state index contributed by atoms with van der Waals surface area (Å²) in [6.07, 6.45) is 1.74. The van der Waals surface area contributed by atoms with E-state index in [9.17, 15) is 14.7 Å². The van der Waals surface area contributed by atoms with Gasteiger partial charge in [0.05, 0.1) is 16.3 Å². The molecule has 0 unspecified atom stereocenters. The van der Waals surface area contributed by atoms with E-state index < -0.39 is 0 Å². The molecule has 9 heteroatoms. The molecule has 2 heterocycles. The Labute approximate surface area is 210 Å². The quantitative estimate of drug-likeness (QED) is 0.365. The summed E-state index contributed by atoms with van der Waals surface area (Å²) in [7, 11) is 0. The van der Waals surface area contributed by atoms with Crippen LogP contribution in [0.5, 0.6) is 5.75 Å². The second kappa shape index (κ2) is 9.05. The van der Waals surface area contributed by atoms with Gasteiger partial charge in [0, 0.05) is 10.6 Å². The third-order valence-electron chi connectivity index (χ3n) is 5.60. The van der Waals surface area contributed by atoms with Crippen LogP contribution < -0.4 is 10.2 Å². The first kappa shape index (κ1) is 22.9. The first-order valence-electron chi connectivity index (χ1n) is 10.7. The summed E-state index contributed by atoms with van der Waals surface area (Å²) in [6, 6.07) is 17.4. The SMILES string of the molecule is Cc1cccc(C)c1N1C(=O)C(=Cc2ccc(O)cc2)SC1=NN=C1C(=O)Nc2ccc(Cl)cc21. The van der Waals surface area contributed by atoms with Crippen molar-refractivity contribution in [3.8, 4) is 5.75 Å². The van der Waals surface area contributed by atoms with Crippen molar-refractivity contribution in [2.24, 2.45) is 10.2 Å². The van der Waals surface area contributed by atoms with Crippen molar-refractivity contribution in [1.82, 2.24) is 0 Å². The summed E-state index contributed by atoms with van der Waals surface area (Å²) >= 11 is 7.28. The molecule has 3 aromatic carbocycles. The lowest BCUT2D eigenvalue weighted by molar-refractivity contribution is -0.113. The fourth-order valence-electron chi connectivity index (χ4n) is 3.94. The van der Waals surface area contributed by atoms with Gasteiger partial charge in [0.1, 0.15) is 5.75 Å². The van der Waals surface area contributed by atoms with Crippen LogP contribution >= 0.6 is 23.4 Å². The number of hydrogen-bond acceptors (Lipinski definition) is 6. The minimum absolute atomic E-state index is 0.125. The molecule has 2 N–H and O–H groups in total. The number of benzene rings is 3. The number of phenolic OH excluding ortho intramolecular Hbond substituents is 1. The summed E-state index contributed by atoms with van der Waals surface area (Å²) in [6.45, 7) is 3.85. The van der Waals surface area contributed by atoms with E-state index in [1.54, 1.807) is 48.5 Å². The predicted octanol–water partition coefficient (Wildman–Crippen LogP) is 5.50. The molecule has 0 aromatic heterocycles. The zero-order valence-electron chi connectivity index (χ0n) is 18.7. The Hall–Kier alpha value is -3.88. The van der Waals surface area contributed by atoms with Gasteiger partial charge in [-0.25, -0.2) is 0 Å². The fraction of sp³-hybridized carbons (Fsp3) is 0.0769. The average Bonchev–Trinajstić information content (AvgIpc) is 3.29. The average molecular weight is 503 g/mol. The highest BCUT2D eigenvalue weighted by atomic mass is 35.5. The molecule has 174 valence electrons. The normalized spacial score (nSPS) is 18.6. The van der Waals surface area contributed by atoms with E-state index in [1.807, 2.05) is 32.0 Å². The van der Waals surface area contributed by atoms with Crippen LogP contribution in [-0.4, -0.2) is 27.8 Å². The first-order valence-corrected chi connectivity index (χ1v) is 11.9. The van der Waals surface area contributed by atoms with Crippen molar-refractivity contribution in [2.75, 3.05) is 10.2 Å². The number of anilines is 2. The number of thioether (sulfide) groups is 1. The van der Waals surface area contributed by atoms with Crippen molar-refractivity contribution in [2.45, 2.75) is 13.8 Å². The maximum atomic E-state index is 13.6.